The van der Waals surface area contributed by atoms with Gasteiger partial charge in [0.25, 0.3) is 0 Å². The Morgan fingerprint density at radius 1 is 1.21 bits per heavy atom. The SMILES string of the molecule is Cc1ccc(CN(C)C(=O)C2CCC(O)CC2)cc1. The lowest BCUT2D eigenvalue weighted by molar-refractivity contribution is -0.136. The van der Waals surface area contributed by atoms with Gasteiger partial charge in [0.15, 0.2) is 0 Å². The van der Waals surface area contributed by atoms with Gasteiger partial charge in [0, 0.05) is 19.5 Å². The highest BCUT2D eigenvalue weighted by atomic mass is 16.3. The van der Waals surface area contributed by atoms with Crippen molar-refractivity contribution in [2.75, 3.05) is 7.05 Å². The molecule has 0 aliphatic heterocycles. The number of amides is 1. The first-order valence-corrected chi connectivity index (χ1v) is 7.05. The summed E-state index contributed by atoms with van der Waals surface area (Å²) in [6.45, 7) is 2.73. The highest BCUT2D eigenvalue weighted by Crippen LogP contribution is 2.26. The summed E-state index contributed by atoms with van der Waals surface area (Å²) in [5.41, 5.74) is 2.40. The fourth-order valence-corrected chi connectivity index (χ4v) is 2.68. The summed E-state index contributed by atoms with van der Waals surface area (Å²) in [7, 11) is 1.87. The zero-order valence-electron chi connectivity index (χ0n) is 11.8. The number of hydrogen-bond donors (Lipinski definition) is 1. The van der Waals surface area contributed by atoms with Crippen molar-refractivity contribution in [3.05, 3.63) is 35.4 Å². The number of carbonyl (C=O) groups excluding carboxylic acids is 1. The highest BCUT2D eigenvalue weighted by molar-refractivity contribution is 5.78. The molecule has 0 heterocycles. The van der Waals surface area contributed by atoms with Crippen molar-refractivity contribution in [2.45, 2.75) is 45.3 Å². The standard InChI is InChI=1S/C16H23NO2/c1-12-3-5-13(6-4-12)11-17(2)16(19)14-7-9-15(18)10-8-14/h3-6,14-15,18H,7-11H2,1-2H3. The molecular formula is C16H23NO2. The Morgan fingerprint density at radius 2 is 1.79 bits per heavy atom. The average Bonchev–Trinajstić information content (AvgIpc) is 2.41. The minimum Gasteiger partial charge on any atom is -0.393 e. The fraction of sp³-hybridized carbons (Fsp3) is 0.562. The van der Waals surface area contributed by atoms with Crippen molar-refractivity contribution >= 4 is 5.91 Å². The lowest BCUT2D eigenvalue weighted by Gasteiger charge is -2.28. The molecule has 1 aromatic rings. The molecule has 104 valence electrons. The number of rotatable bonds is 3. The Balaban J connectivity index is 1.90. The van der Waals surface area contributed by atoms with Gasteiger partial charge in [-0.25, -0.2) is 0 Å². The van der Waals surface area contributed by atoms with E-state index in [2.05, 4.69) is 31.2 Å². The van der Waals surface area contributed by atoms with E-state index >= 15 is 0 Å². The van der Waals surface area contributed by atoms with E-state index in [0.717, 1.165) is 31.2 Å². The van der Waals surface area contributed by atoms with Crippen molar-refractivity contribution in [1.29, 1.82) is 0 Å². The number of carbonyl (C=O) groups is 1. The summed E-state index contributed by atoms with van der Waals surface area (Å²) in [5, 5.41) is 9.48. The maximum Gasteiger partial charge on any atom is 0.225 e. The van der Waals surface area contributed by atoms with Crippen LogP contribution in [0.2, 0.25) is 0 Å². The van der Waals surface area contributed by atoms with E-state index in [4.69, 9.17) is 0 Å². The third kappa shape index (κ3) is 3.80. The molecule has 0 bridgehead atoms. The number of benzene rings is 1. The van der Waals surface area contributed by atoms with Crippen LogP contribution >= 0.6 is 0 Å². The number of aliphatic hydroxyl groups is 1. The molecule has 1 saturated carbocycles. The molecule has 0 unspecified atom stereocenters. The van der Waals surface area contributed by atoms with Crippen LogP contribution in [0.1, 0.15) is 36.8 Å². The second-order valence-electron chi connectivity index (χ2n) is 5.69. The molecule has 0 radical (unpaired) electrons. The minimum atomic E-state index is -0.202. The molecule has 1 fully saturated rings. The molecule has 3 nitrogen and oxygen atoms in total. The Hall–Kier alpha value is -1.35. The fourth-order valence-electron chi connectivity index (χ4n) is 2.68. The lowest BCUT2D eigenvalue weighted by atomic mass is 9.86. The monoisotopic (exact) mass is 261 g/mol. The molecule has 19 heavy (non-hydrogen) atoms. The van der Waals surface area contributed by atoms with E-state index in [-0.39, 0.29) is 17.9 Å². The van der Waals surface area contributed by atoms with Gasteiger partial charge in [-0.15, -0.1) is 0 Å². The zero-order chi connectivity index (χ0) is 13.8. The molecule has 1 aromatic carbocycles. The summed E-state index contributed by atoms with van der Waals surface area (Å²) >= 11 is 0. The maximum absolute atomic E-state index is 12.3. The first-order valence-electron chi connectivity index (χ1n) is 7.05. The number of aliphatic hydroxyl groups excluding tert-OH is 1. The molecule has 1 aliphatic carbocycles. The summed E-state index contributed by atoms with van der Waals surface area (Å²) in [6.07, 6.45) is 2.95. The number of nitrogens with zero attached hydrogens (tertiary/aromatic N) is 1. The summed E-state index contributed by atoms with van der Waals surface area (Å²) in [4.78, 5) is 14.1. The lowest BCUT2D eigenvalue weighted by Crippen LogP contribution is -2.35. The topological polar surface area (TPSA) is 40.5 Å². The molecule has 1 N–H and O–H groups in total. The largest absolute Gasteiger partial charge is 0.393 e. The first kappa shape index (κ1) is 14.1. The molecule has 0 saturated heterocycles. The van der Waals surface area contributed by atoms with Gasteiger partial charge < -0.3 is 10.0 Å². The zero-order valence-corrected chi connectivity index (χ0v) is 11.8. The normalized spacial score (nSPS) is 23.1. The summed E-state index contributed by atoms with van der Waals surface area (Å²) in [5.74, 6) is 0.311. The molecule has 1 amide bonds. The van der Waals surface area contributed by atoms with E-state index in [0.29, 0.717) is 6.54 Å². The van der Waals surface area contributed by atoms with Crippen molar-refractivity contribution in [2.24, 2.45) is 5.92 Å². The van der Waals surface area contributed by atoms with E-state index in [1.54, 1.807) is 0 Å². The molecule has 0 aromatic heterocycles. The molecule has 0 spiro atoms. The van der Waals surface area contributed by atoms with Crippen LogP contribution in [0.4, 0.5) is 0 Å². The third-order valence-electron chi connectivity index (χ3n) is 3.96. The number of aryl methyl sites for hydroxylation is 1. The van der Waals surface area contributed by atoms with Crippen LogP contribution in [-0.4, -0.2) is 29.1 Å². The van der Waals surface area contributed by atoms with Crippen LogP contribution in [0.3, 0.4) is 0 Å². The molecule has 0 atom stereocenters. The Morgan fingerprint density at radius 3 is 2.37 bits per heavy atom. The van der Waals surface area contributed by atoms with Crippen LogP contribution < -0.4 is 0 Å². The molecule has 1 aliphatic rings. The van der Waals surface area contributed by atoms with E-state index in [9.17, 15) is 9.90 Å². The predicted octanol–water partition coefficient (Wildman–Crippen LogP) is 2.50. The molecular weight excluding hydrogens is 238 g/mol. The van der Waals surface area contributed by atoms with E-state index in [1.807, 2.05) is 11.9 Å². The molecule has 3 heteroatoms. The summed E-state index contributed by atoms with van der Waals surface area (Å²) < 4.78 is 0. The Bertz CT molecular complexity index is 419. The van der Waals surface area contributed by atoms with Gasteiger partial charge in [-0.2, -0.15) is 0 Å². The van der Waals surface area contributed by atoms with Crippen molar-refractivity contribution < 1.29 is 9.90 Å². The van der Waals surface area contributed by atoms with Crippen LogP contribution in [0.25, 0.3) is 0 Å². The van der Waals surface area contributed by atoms with Gasteiger partial charge in [0.2, 0.25) is 5.91 Å². The first-order chi connectivity index (χ1) is 9.06. The Labute approximate surface area is 115 Å². The quantitative estimate of drug-likeness (QED) is 0.908. The van der Waals surface area contributed by atoms with Gasteiger partial charge in [-0.3, -0.25) is 4.79 Å². The number of hydrogen-bond acceptors (Lipinski definition) is 2. The Kier molecular flexibility index (Phi) is 4.59. The smallest absolute Gasteiger partial charge is 0.225 e. The summed E-state index contributed by atoms with van der Waals surface area (Å²) in [6, 6.07) is 8.29. The van der Waals surface area contributed by atoms with Crippen LogP contribution in [0.5, 0.6) is 0 Å². The minimum absolute atomic E-state index is 0.0962. The van der Waals surface area contributed by atoms with Crippen molar-refractivity contribution in [3.63, 3.8) is 0 Å². The van der Waals surface area contributed by atoms with Gasteiger partial charge in [-0.1, -0.05) is 29.8 Å². The van der Waals surface area contributed by atoms with Crippen LogP contribution in [0, 0.1) is 12.8 Å². The van der Waals surface area contributed by atoms with Gasteiger partial charge in [-0.05, 0) is 38.2 Å². The van der Waals surface area contributed by atoms with Gasteiger partial charge >= 0.3 is 0 Å². The molecule has 2 rings (SSSR count). The maximum atomic E-state index is 12.3. The highest BCUT2D eigenvalue weighted by Gasteiger charge is 2.27. The van der Waals surface area contributed by atoms with Crippen molar-refractivity contribution in [1.82, 2.24) is 4.90 Å². The predicted molar refractivity (Wildman–Crippen MR) is 75.6 cm³/mol. The van der Waals surface area contributed by atoms with Gasteiger partial charge in [0.1, 0.15) is 0 Å². The average molecular weight is 261 g/mol. The van der Waals surface area contributed by atoms with Crippen LogP contribution in [0.15, 0.2) is 24.3 Å². The van der Waals surface area contributed by atoms with Crippen molar-refractivity contribution in [3.8, 4) is 0 Å². The van der Waals surface area contributed by atoms with E-state index < -0.39 is 0 Å². The second-order valence-corrected chi connectivity index (χ2v) is 5.69. The second kappa shape index (κ2) is 6.20. The third-order valence-corrected chi connectivity index (χ3v) is 3.96. The van der Waals surface area contributed by atoms with E-state index in [1.165, 1.54) is 5.56 Å². The van der Waals surface area contributed by atoms with Crippen LogP contribution in [-0.2, 0) is 11.3 Å². The van der Waals surface area contributed by atoms with Gasteiger partial charge in [0.05, 0.1) is 6.10 Å².